The van der Waals surface area contributed by atoms with Crippen molar-refractivity contribution in [2.45, 2.75) is 33.1 Å². The first-order chi connectivity index (χ1) is 11.8. The molecule has 1 aliphatic heterocycles. The lowest BCUT2D eigenvalue weighted by molar-refractivity contribution is 0.104. The molecule has 3 rings (SSSR count). The molecule has 0 spiro atoms. The molecular formula is C19H26N4O. The van der Waals surface area contributed by atoms with Crippen molar-refractivity contribution in [3.63, 3.8) is 0 Å². The van der Waals surface area contributed by atoms with Gasteiger partial charge in [0, 0.05) is 37.7 Å². The Hall–Kier alpha value is -2.01. The average Bonchev–Trinajstić information content (AvgIpc) is 2.67. The molecule has 5 nitrogen and oxygen atoms in total. The number of hydrogen-bond acceptors (Lipinski definition) is 5. The van der Waals surface area contributed by atoms with Crippen LogP contribution in [0.1, 0.15) is 32.4 Å². The van der Waals surface area contributed by atoms with E-state index >= 15 is 0 Å². The molecule has 0 radical (unpaired) electrons. The standard InChI is InChI=1S/C19H26N4O/c1-3-16-12-18(22-19(21-16)17-9-5-6-10-20-17)23-11-7-8-15(13-23)14-24-4-2/h5-6,9-10,12,15H,3-4,7-8,11,13-14H2,1-2H3. The lowest BCUT2D eigenvalue weighted by Crippen LogP contribution is -2.38. The van der Waals surface area contributed by atoms with Crippen LogP contribution in [0.25, 0.3) is 11.5 Å². The van der Waals surface area contributed by atoms with Gasteiger partial charge in [-0.3, -0.25) is 4.98 Å². The number of aryl methyl sites for hydroxylation is 1. The van der Waals surface area contributed by atoms with Crippen LogP contribution in [0, 0.1) is 5.92 Å². The maximum atomic E-state index is 5.63. The molecular weight excluding hydrogens is 300 g/mol. The minimum Gasteiger partial charge on any atom is -0.381 e. The Balaban J connectivity index is 1.84. The van der Waals surface area contributed by atoms with E-state index in [-0.39, 0.29) is 0 Å². The summed E-state index contributed by atoms with van der Waals surface area (Å²) < 4.78 is 5.63. The molecule has 0 aromatic carbocycles. The van der Waals surface area contributed by atoms with Gasteiger partial charge in [0.15, 0.2) is 5.82 Å². The van der Waals surface area contributed by atoms with Crippen molar-refractivity contribution < 1.29 is 4.74 Å². The van der Waals surface area contributed by atoms with Crippen LogP contribution < -0.4 is 4.90 Å². The fourth-order valence-electron chi connectivity index (χ4n) is 3.13. The van der Waals surface area contributed by atoms with E-state index in [1.165, 1.54) is 12.8 Å². The van der Waals surface area contributed by atoms with E-state index in [2.05, 4.69) is 34.8 Å². The molecule has 2 aromatic rings. The smallest absolute Gasteiger partial charge is 0.180 e. The first kappa shape index (κ1) is 16.8. The maximum Gasteiger partial charge on any atom is 0.180 e. The van der Waals surface area contributed by atoms with Gasteiger partial charge < -0.3 is 9.64 Å². The van der Waals surface area contributed by atoms with Crippen LogP contribution in [0.3, 0.4) is 0 Å². The summed E-state index contributed by atoms with van der Waals surface area (Å²) in [5, 5.41) is 0. The molecule has 1 saturated heterocycles. The van der Waals surface area contributed by atoms with Crippen LogP contribution in [0.2, 0.25) is 0 Å². The third-order valence-electron chi connectivity index (χ3n) is 4.42. The van der Waals surface area contributed by atoms with E-state index in [1.54, 1.807) is 6.20 Å². The number of anilines is 1. The number of hydrogen-bond donors (Lipinski definition) is 0. The number of ether oxygens (including phenoxy) is 1. The number of rotatable bonds is 6. The highest BCUT2D eigenvalue weighted by molar-refractivity contribution is 5.53. The molecule has 0 amide bonds. The third-order valence-corrected chi connectivity index (χ3v) is 4.42. The van der Waals surface area contributed by atoms with Crippen molar-refractivity contribution in [2.75, 3.05) is 31.2 Å². The van der Waals surface area contributed by atoms with E-state index in [4.69, 9.17) is 9.72 Å². The normalized spacial score (nSPS) is 17.9. The SMILES string of the molecule is CCOCC1CCCN(c2cc(CC)nc(-c3ccccn3)n2)C1. The summed E-state index contributed by atoms with van der Waals surface area (Å²) in [7, 11) is 0. The van der Waals surface area contributed by atoms with Crippen LogP contribution >= 0.6 is 0 Å². The quantitative estimate of drug-likeness (QED) is 0.815. The number of nitrogens with zero attached hydrogens (tertiary/aromatic N) is 4. The molecule has 1 aliphatic rings. The van der Waals surface area contributed by atoms with E-state index in [9.17, 15) is 0 Å². The molecule has 0 N–H and O–H groups in total. The molecule has 128 valence electrons. The molecule has 1 unspecified atom stereocenters. The number of piperidine rings is 1. The highest BCUT2D eigenvalue weighted by atomic mass is 16.5. The van der Waals surface area contributed by atoms with Gasteiger partial charge in [0.1, 0.15) is 11.5 Å². The fraction of sp³-hybridized carbons (Fsp3) is 0.526. The topological polar surface area (TPSA) is 51.1 Å². The Kier molecular flexibility index (Phi) is 5.75. The van der Waals surface area contributed by atoms with Gasteiger partial charge in [-0.25, -0.2) is 9.97 Å². The lowest BCUT2D eigenvalue weighted by Gasteiger charge is -2.33. The first-order valence-corrected chi connectivity index (χ1v) is 8.92. The molecule has 0 bridgehead atoms. The van der Waals surface area contributed by atoms with Gasteiger partial charge in [0.05, 0.1) is 6.61 Å². The van der Waals surface area contributed by atoms with Crippen molar-refractivity contribution >= 4 is 5.82 Å². The second-order valence-corrected chi connectivity index (χ2v) is 6.22. The summed E-state index contributed by atoms with van der Waals surface area (Å²) in [5.41, 5.74) is 1.89. The van der Waals surface area contributed by atoms with Crippen molar-refractivity contribution in [2.24, 2.45) is 5.92 Å². The van der Waals surface area contributed by atoms with Crippen molar-refractivity contribution in [1.82, 2.24) is 15.0 Å². The second kappa shape index (κ2) is 8.20. The summed E-state index contributed by atoms with van der Waals surface area (Å²) >= 11 is 0. The van der Waals surface area contributed by atoms with E-state index in [0.717, 1.165) is 55.8 Å². The van der Waals surface area contributed by atoms with Crippen LogP contribution in [-0.2, 0) is 11.2 Å². The second-order valence-electron chi connectivity index (χ2n) is 6.22. The number of pyridine rings is 1. The monoisotopic (exact) mass is 326 g/mol. The minimum atomic E-state index is 0.581. The molecule has 24 heavy (non-hydrogen) atoms. The van der Waals surface area contributed by atoms with Gasteiger partial charge in [-0.1, -0.05) is 13.0 Å². The minimum absolute atomic E-state index is 0.581. The molecule has 5 heteroatoms. The zero-order chi connectivity index (χ0) is 16.8. The van der Waals surface area contributed by atoms with Crippen molar-refractivity contribution in [3.8, 4) is 11.5 Å². The summed E-state index contributed by atoms with van der Waals surface area (Å²) in [6, 6.07) is 7.97. The zero-order valence-corrected chi connectivity index (χ0v) is 14.6. The van der Waals surface area contributed by atoms with Gasteiger partial charge >= 0.3 is 0 Å². The summed E-state index contributed by atoms with van der Waals surface area (Å²) in [4.78, 5) is 16.2. The van der Waals surface area contributed by atoms with E-state index < -0.39 is 0 Å². The molecule has 3 heterocycles. The highest BCUT2D eigenvalue weighted by Crippen LogP contribution is 2.24. The van der Waals surface area contributed by atoms with Gasteiger partial charge in [-0.05, 0) is 44.2 Å². The van der Waals surface area contributed by atoms with Gasteiger partial charge in [-0.15, -0.1) is 0 Å². The van der Waals surface area contributed by atoms with E-state index in [1.807, 2.05) is 18.2 Å². The highest BCUT2D eigenvalue weighted by Gasteiger charge is 2.22. The van der Waals surface area contributed by atoms with Gasteiger partial charge in [-0.2, -0.15) is 0 Å². The van der Waals surface area contributed by atoms with Crippen LogP contribution in [0.15, 0.2) is 30.5 Å². The van der Waals surface area contributed by atoms with Crippen LogP contribution in [0.5, 0.6) is 0 Å². The zero-order valence-electron chi connectivity index (χ0n) is 14.6. The third kappa shape index (κ3) is 4.09. The predicted octanol–water partition coefficient (Wildman–Crippen LogP) is 3.35. The largest absolute Gasteiger partial charge is 0.381 e. The first-order valence-electron chi connectivity index (χ1n) is 8.92. The predicted molar refractivity (Wildman–Crippen MR) is 96.1 cm³/mol. The summed E-state index contributed by atoms with van der Waals surface area (Å²) in [6.45, 7) is 7.85. The van der Waals surface area contributed by atoms with Crippen molar-refractivity contribution in [1.29, 1.82) is 0 Å². The Morgan fingerprint density at radius 3 is 2.92 bits per heavy atom. The molecule has 2 aromatic heterocycles. The van der Waals surface area contributed by atoms with E-state index in [0.29, 0.717) is 5.92 Å². The Morgan fingerprint density at radius 1 is 1.25 bits per heavy atom. The van der Waals surface area contributed by atoms with Crippen LogP contribution in [-0.4, -0.2) is 41.3 Å². The molecule has 0 aliphatic carbocycles. The Morgan fingerprint density at radius 2 is 2.17 bits per heavy atom. The van der Waals surface area contributed by atoms with Gasteiger partial charge in [0.2, 0.25) is 0 Å². The Bertz CT molecular complexity index is 647. The average molecular weight is 326 g/mol. The molecule has 1 fully saturated rings. The van der Waals surface area contributed by atoms with Crippen LogP contribution in [0.4, 0.5) is 5.82 Å². The van der Waals surface area contributed by atoms with Gasteiger partial charge in [0.25, 0.3) is 0 Å². The fourth-order valence-corrected chi connectivity index (χ4v) is 3.13. The number of aromatic nitrogens is 3. The molecule has 0 saturated carbocycles. The van der Waals surface area contributed by atoms with Crippen molar-refractivity contribution in [3.05, 3.63) is 36.2 Å². The maximum absolute atomic E-state index is 5.63. The summed E-state index contributed by atoms with van der Waals surface area (Å²) in [5.74, 6) is 2.32. The summed E-state index contributed by atoms with van der Waals surface area (Å²) in [6.07, 6.45) is 5.10. The Labute approximate surface area is 144 Å². The molecule has 1 atom stereocenters. The lowest BCUT2D eigenvalue weighted by atomic mass is 9.99.